The molecule has 0 fully saturated rings. The van der Waals surface area contributed by atoms with Gasteiger partial charge in [-0.1, -0.05) is 6.58 Å². The number of allylic oxidation sites excluding steroid dienone is 1. The van der Waals surface area contributed by atoms with E-state index in [0.717, 1.165) is 17.0 Å². The molecule has 2 aromatic heterocycles. The molecular formula is C17H23N5O2. The van der Waals surface area contributed by atoms with E-state index >= 15 is 0 Å². The summed E-state index contributed by atoms with van der Waals surface area (Å²) in [5.41, 5.74) is 3.72. The topological polar surface area (TPSA) is 85.8 Å². The third kappa shape index (κ3) is 3.61. The van der Waals surface area contributed by atoms with Crippen LogP contribution in [0.1, 0.15) is 37.2 Å². The first-order valence-corrected chi connectivity index (χ1v) is 7.87. The lowest BCUT2D eigenvalue weighted by Gasteiger charge is -2.09. The molecule has 128 valence electrons. The first-order valence-electron chi connectivity index (χ1n) is 7.87. The summed E-state index contributed by atoms with van der Waals surface area (Å²) in [4.78, 5) is 11.6. The minimum Gasteiger partial charge on any atom is -0.466 e. The van der Waals surface area contributed by atoms with Gasteiger partial charge in [0.1, 0.15) is 5.49 Å². The van der Waals surface area contributed by atoms with Gasteiger partial charge < -0.3 is 4.74 Å². The average molecular weight is 329 g/mol. The zero-order valence-electron chi connectivity index (χ0n) is 14.6. The number of hydrogen-bond acceptors (Lipinski definition) is 5. The van der Waals surface area contributed by atoms with Crippen molar-refractivity contribution in [2.75, 3.05) is 6.61 Å². The van der Waals surface area contributed by atoms with Crippen LogP contribution in [-0.4, -0.2) is 32.1 Å². The molecule has 0 aliphatic rings. The van der Waals surface area contributed by atoms with Crippen LogP contribution in [0.25, 0.3) is 11.5 Å². The Hall–Kier alpha value is -2.70. The van der Waals surface area contributed by atoms with Gasteiger partial charge in [0.15, 0.2) is 5.82 Å². The summed E-state index contributed by atoms with van der Waals surface area (Å²) in [5.74, 6) is 0.401. The number of nitrogens with zero attached hydrogens (tertiary/aromatic N) is 4. The van der Waals surface area contributed by atoms with Gasteiger partial charge in [0.05, 0.1) is 12.3 Å². The van der Waals surface area contributed by atoms with Gasteiger partial charge in [-0.15, -0.1) is 5.10 Å². The van der Waals surface area contributed by atoms with E-state index in [1.165, 1.54) is 4.68 Å². The lowest BCUT2D eigenvalue weighted by molar-refractivity contribution is -0.143. The summed E-state index contributed by atoms with van der Waals surface area (Å²) in [6.07, 6.45) is 0.902. The quantitative estimate of drug-likeness (QED) is 0.823. The van der Waals surface area contributed by atoms with Crippen LogP contribution in [0.3, 0.4) is 0 Å². The maximum atomic E-state index is 11.6. The number of aryl methyl sites for hydroxylation is 1. The predicted molar refractivity (Wildman–Crippen MR) is 90.6 cm³/mol. The van der Waals surface area contributed by atoms with Gasteiger partial charge >= 0.3 is 5.97 Å². The molecule has 0 aliphatic carbocycles. The van der Waals surface area contributed by atoms with Gasteiger partial charge in [-0.3, -0.25) is 10.2 Å². The normalized spacial score (nSPS) is 10.7. The molecule has 0 bridgehead atoms. The highest BCUT2D eigenvalue weighted by Gasteiger charge is 2.15. The molecule has 0 amide bonds. The zero-order valence-corrected chi connectivity index (χ0v) is 14.6. The SMILES string of the molecule is C=C(C)n1nc(-n2nc(C)c(CCC(=O)OCC)c2C)ccc1=N. The standard InChI is InChI=1S/C17H23N5O2/c1-6-24-17(23)10-7-14-12(4)19-22(13(14)5)16-9-8-15(18)21(20-16)11(2)3/h8-9,18H,2,6-7,10H2,1,3-5H3. The van der Waals surface area contributed by atoms with Crippen molar-refractivity contribution in [3.05, 3.63) is 41.2 Å². The summed E-state index contributed by atoms with van der Waals surface area (Å²) >= 11 is 0. The second-order valence-electron chi connectivity index (χ2n) is 5.59. The van der Waals surface area contributed by atoms with Crippen molar-refractivity contribution in [3.8, 4) is 5.82 Å². The fourth-order valence-corrected chi connectivity index (χ4v) is 2.54. The molecular weight excluding hydrogens is 306 g/mol. The summed E-state index contributed by atoms with van der Waals surface area (Å²) in [6.45, 7) is 11.7. The fourth-order valence-electron chi connectivity index (χ4n) is 2.54. The number of carbonyl (C=O) groups is 1. The number of aromatic nitrogens is 4. The molecule has 0 saturated carbocycles. The van der Waals surface area contributed by atoms with Crippen molar-refractivity contribution in [1.29, 1.82) is 5.41 Å². The number of hydrogen-bond donors (Lipinski definition) is 1. The van der Waals surface area contributed by atoms with Gasteiger partial charge in [0.2, 0.25) is 0 Å². The monoisotopic (exact) mass is 329 g/mol. The molecule has 1 N–H and O–H groups in total. The molecule has 0 aromatic carbocycles. The molecule has 0 radical (unpaired) electrons. The Balaban J connectivity index is 2.35. The summed E-state index contributed by atoms with van der Waals surface area (Å²) in [7, 11) is 0. The van der Waals surface area contributed by atoms with Gasteiger partial charge in [-0.05, 0) is 51.8 Å². The summed E-state index contributed by atoms with van der Waals surface area (Å²) in [6, 6.07) is 3.40. The van der Waals surface area contributed by atoms with Crippen LogP contribution in [0, 0.1) is 19.3 Å². The predicted octanol–water partition coefficient (Wildman–Crippen LogP) is 2.15. The van der Waals surface area contributed by atoms with Gasteiger partial charge in [-0.2, -0.15) is 5.10 Å². The molecule has 0 unspecified atom stereocenters. The number of rotatable bonds is 6. The van der Waals surface area contributed by atoms with Crippen LogP contribution in [0.4, 0.5) is 0 Å². The zero-order chi connectivity index (χ0) is 17.9. The van der Waals surface area contributed by atoms with E-state index < -0.39 is 0 Å². The van der Waals surface area contributed by atoms with Crippen LogP contribution in [0.15, 0.2) is 18.7 Å². The van der Waals surface area contributed by atoms with E-state index in [-0.39, 0.29) is 11.5 Å². The van der Waals surface area contributed by atoms with Crippen molar-refractivity contribution < 1.29 is 9.53 Å². The van der Waals surface area contributed by atoms with Crippen LogP contribution >= 0.6 is 0 Å². The van der Waals surface area contributed by atoms with E-state index in [1.807, 2.05) is 13.8 Å². The average Bonchev–Trinajstić information content (AvgIpc) is 2.80. The largest absolute Gasteiger partial charge is 0.466 e. The van der Waals surface area contributed by atoms with Crippen molar-refractivity contribution in [3.63, 3.8) is 0 Å². The molecule has 0 atom stereocenters. The minimum absolute atomic E-state index is 0.208. The first kappa shape index (κ1) is 17.7. The van der Waals surface area contributed by atoms with Crippen molar-refractivity contribution in [2.45, 2.75) is 40.5 Å². The Kier molecular flexibility index (Phi) is 5.33. The molecule has 2 rings (SSSR count). The van der Waals surface area contributed by atoms with Gasteiger partial charge in [-0.25, -0.2) is 9.36 Å². The third-order valence-electron chi connectivity index (χ3n) is 3.73. The Morgan fingerprint density at radius 2 is 2.04 bits per heavy atom. The molecule has 0 saturated heterocycles. The number of carbonyl (C=O) groups excluding carboxylic acids is 1. The smallest absolute Gasteiger partial charge is 0.306 e. The molecule has 2 heterocycles. The van der Waals surface area contributed by atoms with E-state index in [4.69, 9.17) is 10.1 Å². The summed E-state index contributed by atoms with van der Waals surface area (Å²) < 4.78 is 8.17. The molecule has 2 aromatic rings. The molecule has 0 aliphatic heterocycles. The molecule has 7 heteroatoms. The fraction of sp³-hybridized carbons (Fsp3) is 0.412. The second kappa shape index (κ2) is 7.25. The lowest BCUT2D eigenvalue weighted by Crippen LogP contribution is -2.22. The van der Waals surface area contributed by atoms with Crippen LogP contribution < -0.4 is 5.49 Å². The molecule has 7 nitrogen and oxygen atoms in total. The van der Waals surface area contributed by atoms with E-state index in [9.17, 15) is 4.79 Å². The Bertz CT molecular complexity index is 832. The molecule has 0 spiro atoms. The highest BCUT2D eigenvalue weighted by Crippen LogP contribution is 2.18. The van der Waals surface area contributed by atoms with Crippen LogP contribution in [0.2, 0.25) is 0 Å². The Morgan fingerprint density at radius 3 is 2.67 bits per heavy atom. The van der Waals surface area contributed by atoms with Crippen molar-refractivity contribution in [1.82, 2.24) is 19.6 Å². The number of esters is 1. The van der Waals surface area contributed by atoms with Crippen molar-refractivity contribution in [2.24, 2.45) is 0 Å². The minimum atomic E-state index is -0.208. The maximum Gasteiger partial charge on any atom is 0.306 e. The maximum absolute atomic E-state index is 11.6. The Labute approximate surface area is 141 Å². The van der Waals surface area contributed by atoms with Crippen LogP contribution in [-0.2, 0) is 16.0 Å². The number of nitrogens with one attached hydrogen (secondary N) is 1. The lowest BCUT2D eigenvalue weighted by atomic mass is 10.1. The van der Waals surface area contributed by atoms with E-state index in [0.29, 0.717) is 31.0 Å². The van der Waals surface area contributed by atoms with Gasteiger partial charge in [0, 0.05) is 17.8 Å². The van der Waals surface area contributed by atoms with Crippen molar-refractivity contribution >= 4 is 11.7 Å². The first-order chi connectivity index (χ1) is 11.3. The third-order valence-corrected chi connectivity index (χ3v) is 3.73. The molecule has 24 heavy (non-hydrogen) atoms. The second-order valence-corrected chi connectivity index (χ2v) is 5.59. The highest BCUT2D eigenvalue weighted by atomic mass is 16.5. The van der Waals surface area contributed by atoms with Gasteiger partial charge in [0.25, 0.3) is 0 Å². The van der Waals surface area contributed by atoms with E-state index in [1.54, 1.807) is 30.7 Å². The Morgan fingerprint density at radius 1 is 1.33 bits per heavy atom. The summed E-state index contributed by atoms with van der Waals surface area (Å²) in [5, 5.41) is 16.8. The van der Waals surface area contributed by atoms with Crippen LogP contribution in [0.5, 0.6) is 0 Å². The van der Waals surface area contributed by atoms with E-state index in [2.05, 4.69) is 16.8 Å². The highest BCUT2D eigenvalue weighted by molar-refractivity contribution is 5.69. The number of ether oxygens (including phenoxy) is 1.